The van der Waals surface area contributed by atoms with Crippen LogP contribution in [0.15, 0.2) is 61.3 Å². The highest BCUT2D eigenvalue weighted by Gasteiger charge is 2.60. The predicted molar refractivity (Wildman–Crippen MR) is 450 cm³/mol. The molecule has 0 aliphatic carbocycles. The Labute approximate surface area is 744 Å². The van der Waals surface area contributed by atoms with Crippen molar-refractivity contribution in [3.63, 3.8) is 0 Å². The number of hydrogen-bond acceptors (Lipinski definition) is 28. The molecule has 5 saturated heterocycles. The molecule has 10 aliphatic rings. The molecule has 122 heavy (non-hydrogen) atoms. The number of ether oxygens (including phenoxy) is 5. The van der Waals surface area contributed by atoms with Crippen molar-refractivity contribution in [3.05, 3.63) is 164 Å². The van der Waals surface area contributed by atoms with Gasteiger partial charge >= 0.3 is 0 Å². The first-order chi connectivity index (χ1) is 57.8. The second-order valence-electron chi connectivity index (χ2n) is 34.0. The second kappa shape index (κ2) is 35.0. The number of thiophene rings is 5. The highest BCUT2D eigenvalue weighted by molar-refractivity contribution is 7.18. The van der Waals surface area contributed by atoms with E-state index >= 15 is 0 Å². The van der Waals surface area contributed by atoms with Crippen molar-refractivity contribution in [3.8, 4) is 0 Å². The van der Waals surface area contributed by atoms with E-state index in [1.165, 1.54) is 74.0 Å². The van der Waals surface area contributed by atoms with Crippen LogP contribution in [0.1, 0.15) is 222 Å². The Hall–Kier alpha value is -5.29. The fourth-order valence-electron chi connectivity index (χ4n) is 19.4. The maximum atomic E-state index is 14.3. The number of aryl methyl sites for hydroxylation is 5. The van der Waals surface area contributed by atoms with Crippen LogP contribution in [-0.2, 0) is 110 Å². The molecule has 0 radical (unpaired) electrons. The Morgan fingerprint density at radius 2 is 0.754 bits per heavy atom. The lowest BCUT2D eigenvalue weighted by Crippen LogP contribution is -2.54. The molecule has 0 amide bonds. The van der Waals surface area contributed by atoms with Crippen LogP contribution in [0.5, 0.6) is 0 Å². The van der Waals surface area contributed by atoms with Crippen LogP contribution in [0.3, 0.4) is 0 Å². The van der Waals surface area contributed by atoms with Crippen molar-refractivity contribution in [2.45, 2.75) is 236 Å². The number of halogens is 11. The van der Waals surface area contributed by atoms with E-state index in [1.54, 1.807) is 55.9 Å². The average Bonchev–Trinajstić information content (AvgIpc) is 1.34. The molecule has 0 bridgehead atoms. The van der Waals surface area contributed by atoms with Gasteiger partial charge in [0, 0.05) is 175 Å². The van der Waals surface area contributed by atoms with Crippen LogP contribution in [-0.4, -0.2) is 166 Å². The molecule has 0 saturated carbocycles. The van der Waals surface area contributed by atoms with Gasteiger partial charge in [-0.25, -0.2) is 17.6 Å². The first-order valence-corrected chi connectivity index (χ1v) is 46.2. The maximum Gasteiger partial charge on any atom is 0.297 e. The lowest BCUT2D eigenvalue weighted by atomic mass is 9.76. The molecule has 0 aromatic carbocycles. The van der Waals surface area contributed by atoms with E-state index in [2.05, 4.69) is 98.1 Å². The van der Waals surface area contributed by atoms with Crippen LogP contribution < -0.4 is 26.6 Å². The zero-order chi connectivity index (χ0) is 86.7. The van der Waals surface area contributed by atoms with Gasteiger partial charge in [-0.3, -0.25) is 23.4 Å². The topological polar surface area (TPSA) is 321 Å². The molecule has 20 rings (SSSR count). The molecular weight excluding hydrogens is 1800 g/mol. The van der Waals surface area contributed by atoms with Crippen LogP contribution in [0.25, 0.3) is 0 Å². The normalized spacial score (nSPS) is 33.1. The van der Waals surface area contributed by atoms with Crippen LogP contribution in [0, 0.1) is 0 Å². The number of aliphatic hydroxyl groups is 3. The Bertz CT molecular complexity index is 5250. The number of aromatic nitrogens is 15. The highest BCUT2D eigenvalue weighted by atomic mass is 35.5. The summed E-state index contributed by atoms with van der Waals surface area (Å²) in [5, 5.41) is 90.1. The van der Waals surface area contributed by atoms with Crippen molar-refractivity contribution in [2.24, 2.45) is 35.2 Å². The standard InChI is InChI=1S/2C16H19ClF2N4O2S.C16H21ClN4OS.C15H17ClF2N4OS.C15H19ClN4O2S/c2*1-8-4-15(5-10(20-8)11-6-23(2)22-21-11)13-9(3-12(17)26-13)16(24,7-25-15)14(18)19;1-3-11-7-16(8-12(18-11)13-9-21(2)20-19-13)15-10(4-5-22-16)6-14(17)23-15;1-8-4-14(5-10(19-8)11-6-22(2)21-20-11)13-9(3-12(16)24-13)15(17,18)7-23-14;1-8-4-15(5-10(17-8)11-6-20(2)19-18-11)9-3-13(16)23-14(9)12(21)7-22-15/h2*3,6,8,10,14,20,24H,4-5,7H2,1-2H3;6,9,11-12,18H,3-5,7-8H2,1-2H3;3,6,8,10,19H,4-5,7H2,1-2H3;3,6,8,10,12,17,21H,4-5,7H2,1-2H3/t2*8-,10-,15-,16?;;8-,10-,14-;8-,10-,12+,15-/m00.00/s1. The third-order valence-corrected chi connectivity index (χ3v) is 31.8. The van der Waals surface area contributed by atoms with Crippen molar-refractivity contribution < 1.29 is 65.3 Å². The summed E-state index contributed by atoms with van der Waals surface area (Å²) in [6.45, 7) is 9.93. The largest absolute Gasteiger partial charge is 0.385 e. The number of piperidine rings is 5. The van der Waals surface area contributed by atoms with Gasteiger partial charge in [0.05, 0.1) is 112 Å². The van der Waals surface area contributed by atoms with Crippen LogP contribution in [0.4, 0.5) is 26.3 Å². The summed E-state index contributed by atoms with van der Waals surface area (Å²) < 4.78 is 124. The third kappa shape index (κ3) is 17.7. The van der Waals surface area contributed by atoms with E-state index in [-0.39, 0.29) is 76.7 Å². The quantitative estimate of drug-likeness (QED) is 0.0655. The van der Waals surface area contributed by atoms with Gasteiger partial charge in [-0.1, -0.05) is 91.0 Å². The number of rotatable bonds is 8. The van der Waals surface area contributed by atoms with E-state index < -0.39 is 78.3 Å². The molecule has 8 N–H and O–H groups in total. The van der Waals surface area contributed by atoms with E-state index in [9.17, 15) is 41.7 Å². The van der Waals surface area contributed by atoms with E-state index in [1.807, 2.05) is 71.9 Å². The molecular formula is C78H95Cl5F6N20O8S5. The van der Waals surface area contributed by atoms with Gasteiger partial charge < -0.3 is 65.6 Å². The molecule has 10 aliphatic heterocycles. The minimum atomic E-state index is -3.00. The fraction of sp³-hybridized carbons (Fsp3) is 0.615. The summed E-state index contributed by atoms with van der Waals surface area (Å²) in [5.41, 5.74) is -0.684. The lowest BCUT2D eigenvalue weighted by molar-refractivity contribution is -0.207. The summed E-state index contributed by atoms with van der Waals surface area (Å²) in [4.78, 5) is 3.97. The molecule has 18 atom stereocenters. The summed E-state index contributed by atoms with van der Waals surface area (Å²) in [6.07, 6.45) is 11.7. The van der Waals surface area contributed by atoms with Crippen molar-refractivity contribution in [1.29, 1.82) is 0 Å². The number of nitrogens with zero attached hydrogens (tertiary/aromatic N) is 15. The molecule has 5 fully saturated rings. The molecule has 10 aromatic heterocycles. The van der Waals surface area contributed by atoms with Gasteiger partial charge in [0.25, 0.3) is 18.8 Å². The fourth-order valence-corrected chi connectivity index (χ4v) is 26.5. The van der Waals surface area contributed by atoms with Gasteiger partial charge in [0.1, 0.15) is 35.1 Å². The number of nitrogens with one attached hydrogen (secondary N) is 5. The SMILES string of the molecule is CCC1CC2(CC(c3cn(C)nn3)N1)OCCc1cc(Cl)sc12.C[C@H]1C[C@@]2(C[C@@H](c3cn(C)nn3)N1)OCC(F)(F)c1cc(Cl)sc12.C[C@H]1C[C@@]2(C[C@@H](c3cn(C)nn3)N1)OCC(O)(C(F)F)c1cc(Cl)sc12.C[C@H]1C[C@@]2(C[C@@H](c3cn(C)nn3)N1)OCC(O)(C(F)F)c1cc(Cl)sc12.C[C@H]1C[C@@]2(C[C@@H](c3cn(C)nn3)N1)OC[C@@H](O)c1sc(Cl)cc12. The number of aliphatic hydroxyl groups excluding tert-OH is 1. The van der Waals surface area contributed by atoms with Gasteiger partial charge in [0.2, 0.25) is 0 Å². The first-order valence-electron chi connectivity index (χ1n) is 40.2. The van der Waals surface area contributed by atoms with Gasteiger partial charge in [-0.2, -0.15) is 8.78 Å². The summed E-state index contributed by atoms with van der Waals surface area (Å²) in [6, 6.07) is 9.06. The van der Waals surface area contributed by atoms with Crippen molar-refractivity contribution >= 4 is 115 Å². The van der Waals surface area contributed by atoms with Crippen molar-refractivity contribution in [1.82, 2.24) is 102 Å². The van der Waals surface area contributed by atoms with Gasteiger partial charge in [-0.15, -0.1) is 82.2 Å². The Kier molecular flexibility index (Phi) is 25.8. The lowest BCUT2D eigenvalue weighted by Gasteiger charge is -2.48. The monoisotopic (exact) mass is 1890 g/mol. The zero-order valence-corrected chi connectivity index (χ0v) is 76.0. The van der Waals surface area contributed by atoms with E-state index in [4.69, 9.17) is 81.7 Å². The first kappa shape index (κ1) is 90.1. The summed E-state index contributed by atoms with van der Waals surface area (Å²) in [5.74, 6) is -3.00. The minimum absolute atomic E-state index is 0.00995. The Morgan fingerprint density at radius 3 is 1.14 bits per heavy atom. The Morgan fingerprint density at radius 1 is 0.426 bits per heavy atom. The van der Waals surface area contributed by atoms with Crippen LogP contribution >= 0.6 is 115 Å². The predicted octanol–water partition coefficient (Wildman–Crippen LogP) is 14.3. The van der Waals surface area contributed by atoms with E-state index in [0.717, 1.165) is 88.4 Å². The average molecular weight is 1890 g/mol. The van der Waals surface area contributed by atoms with E-state index in [0.29, 0.717) is 83.2 Å². The van der Waals surface area contributed by atoms with Crippen molar-refractivity contribution in [2.75, 3.05) is 33.0 Å². The Balaban J connectivity index is 0.000000113. The van der Waals surface area contributed by atoms with Crippen LogP contribution in [0.2, 0.25) is 21.7 Å². The highest BCUT2D eigenvalue weighted by Crippen LogP contribution is 2.60. The molecule has 5 unspecified atom stereocenters. The third-order valence-electron chi connectivity index (χ3n) is 24.6. The second-order valence-corrected chi connectivity index (χ2v) is 42.4. The van der Waals surface area contributed by atoms with Gasteiger partial charge in [-0.05, 0) is 109 Å². The maximum absolute atomic E-state index is 14.3. The summed E-state index contributed by atoms with van der Waals surface area (Å²) >= 11 is 37.6. The zero-order valence-electron chi connectivity index (χ0n) is 68.1. The van der Waals surface area contributed by atoms with Gasteiger partial charge in [0.15, 0.2) is 11.2 Å². The molecule has 28 nitrogen and oxygen atoms in total. The number of alkyl halides is 6. The molecule has 10 aromatic rings. The molecule has 662 valence electrons. The molecule has 5 spiro atoms. The molecule has 44 heteroatoms. The number of hydrogen-bond donors (Lipinski definition) is 8. The summed E-state index contributed by atoms with van der Waals surface area (Å²) in [7, 11) is 9.14. The smallest absolute Gasteiger partial charge is 0.297 e. The minimum Gasteiger partial charge on any atom is -0.385 e. The number of fused-ring (bicyclic) bond motifs is 10. The molecule has 20 heterocycles.